The van der Waals surface area contributed by atoms with E-state index in [0.29, 0.717) is 12.2 Å². The summed E-state index contributed by atoms with van der Waals surface area (Å²) in [5.41, 5.74) is 1.43. The van der Waals surface area contributed by atoms with Crippen molar-refractivity contribution in [3.63, 3.8) is 0 Å². The van der Waals surface area contributed by atoms with Gasteiger partial charge in [0.2, 0.25) is 0 Å². The predicted octanol–water partition coefficient (Wildman–Crippen LogP) is 4.16. The van der Waals surface area contributed by atoms with Gasteiger partial charge in [-0.1, -0.05) is 25.8 Å². The van der Waals surface area contributed by atoms with Crippen LogP contribution in [-0.2, 0) is 4.74 Å². The maximum absolute atomic E-state index is 12.0. The number of esters is 1. The third-order valence-electron chi connectivity index (χ3n) is 2.76. The van der Waals surface area contributed by atoms with E-state index in [9.17, 15) is 4.79 Å². The van der Waals surface area contributed by atoms with Crippen LogP contribution in [0.4, 0.5) is 0 Å². The predicted molar refractivity (Wildman–Crippen MR) is 77.4 cm³/mol. The van der Waals surface area contributed by atoms with Gasteiger partial charge in [0.25, 0.3) is 0 Å². The smallest absolute Gasteiger partial charge is 0.339 e. The number of carbonyl (C=O) groups excluding carboxylic acids is 1. The van der Waals surface area contributed by atoms with Gasteiger partial charge in [-0.15, -0.1) is 11.3 Å². The van der Waals surface area contributed by atoms with Crippen molar-refractivity contribution in [3.8, 4) is 10.6 Å². The second kappa shape index (κ2) is 7.04. The normalized spacial score (nSPS) is 10.4. The molecule has 0 N–H and O–H groups in total. The average molecular weight is 275 g/mol. The zero-order valence-electron chi connectivity index (χ0n) is 11.0. The van der Waals surface area contributed by atoms with Gasteiger partial charge in [-0.2, -0.15) is 0 Å². The van der Waals surface area contributed by atoms with E-state index < -0.39 is 0 Å². The van der Waals surface area contributed by atoms with E-state index >= 15 is 0 Å². The molecule has 2 heterocycles. The molecule has 0 fully saturated rings. The number of carbonyl (C=O) groups is 1. The maximum atomic E-state index is 12.0. The van der Waals surface area contributed by atoms with Crippen LogP contribution in [0.5, 0.6) is 0 Å². The highest BCUT2D eigenvalue weighted by Gasteiger charge is 2.16. The molecule has 100 valence electrons. The van der Waals surface area contributed by atoms with Crippen molar-refractivity contribution in [2.24, 2.45) is 0 Å². The van der Waals surface area contributed by atoms with Crippen molar-refractivity contribution in [2.45, 2.75) is 26.2 Å². The number of hydrogen-bond acceptors (Lipinski definition) is 4. The van der Waals surface area contributed by atoms with Crippen molar-refractivity contribution in [1.29, 1.82) is 0 Å². The quantitative estimate of drug-likeness (QED) is 0.587. The molecule has 0 amide bonds. The highest BCUT2D eigenvalue weighted by atomic mass is 32.1. The lowest BCUT2D eigenvalue weighted by Gasteiger charge is -2.05. The lowest BCUT2D eigenvalue weighted by atomic mass is 10.2. The summed E-state index contributed by atoms with van der Waals surface area (Å²) in [4.78, 5) is 17.2. The van der Waals surface area contributed by atoms with E-state index in [1.54, 1.807) is 12.3 Å². The molecule has 0 bridgehead atoms. The lowest BCUT2D eigenvalue weighted by Crippen LogP contribution is -2.06. The van der Waals surface area contributed by atoms with Crippen LogP contribution in [-0.4, -0.2) is 17.6 Å². The summed E-state index contributed by atoms with van der Waals surface area (Å²) >= 11 is 1.51. The average Bonchev–Trinajstić information content (AvgIpc) is 2.94. The van der Waals surface area contributed by atoms with Crippen LogP contribution < -0.4 is 0 Å². The van der Waals surface area contributed by atoms with E-state index in [-0.39, 0.29) is 5.97 Å². The molecule has 0 spiro atoms. The molecule has 0 radical (unpaired) electrons. The fourth-order valence-corrected chi connectivity index (χ4v) is 2.62. The summed E-state index contributed by atoms with van der Waals surface area (Å²) in [6.45, 7) is 2.62. The van der Waals surface area contributed by atoms with Crippen molar-refractivity contribution < 1.29 is 9.53 Å². The van der Waals surface area contributed by atoms with E-state index in [2.05, 4.69) is 11.9 Å². The number of thiophene rings is 1. The molecule has 0 aromatic carbocycles. The Hall–Kier alpha value is -1.68. The number of nitrogens with zero attached hydrogens (tertiary/aromatic N) is 1. The van der Waals surface area contributed by atoms with Gasteiger partial charge >= 0.3 is 5.97 Å². The van der Waals surface area contributed by atoms with Crippen LogP contribution >= 0.6 is 11.3 Å². The Morgan fingerprint density at radius 2 is 2.21 bits per heavy atom. The highest BCUT2D eigenvalue weighted by molar-refractivity contribution is 7.14. The zero-order chi connectivity index (χ0) is 13.5. The third kappa shape index (κ3) is 3.64. The van der Waals surface area contributed by atoms with Crippen LogP contribution in [0.25, 0.3) is 10.6 Å². The largest absolute Gasteiger partial charge is 0.462 e. The SMILES string of the molecule is CCCCCOC(=O)c1ccsc1-c1ccccn1. The topological polar surface area (TPSA) is 39.2 Å². The Bertz CT molecular complexity index is 522. The second-order valence-corrected chi connectivity index (χ2v) is 5.14. The van der Waals surface area contributed by atoms with Crippen LogP contribution in [0, 0.1) is 0 Å². The van der Waals surface area contributed by atoms with Crippen molar-refractivity contribution >= 4 is 17.3 Å². The van der Waals surface area contributed by atoms with Crippen molar-refractivity contribution in [2.75, 3.05) is 6.61 Å². The molecule has 2 aromatic rings. The Kier molecular flexibility index (Phi) is 5.10. The van der Waals surface area contributed by atoms with Crippen LogP contribution in [0.2, 0.25) is 0 Å². The van der Waals surface area contributed by atoms with Crippen molar-refractivity contribution in [3.05, 3.63) is 41.4 Å². The van der Waals surface area contributed by atoms with E-state index in [0.717, 1.165) is 29.8 Å². The molecule has 0 saturated heterocycles. The first-order valence-electron chi connectivity index (χ1n) is 6.49. The monoisotopic (exact) mass is 275 g/mol. The van der Waals surface area contributed by atoms with Gasteiger partial charge in [0.05, 0.1) is 22.7 Å². The van der Waals surface area contributed by atoms with E-state index in [4.69, 9.17) is 4.74 Å². The molecular weight excluding hydrogens is 258 g/mol. The third-order valence-corrected chi connectivity index (χ3v) is 3.70. The first-order valence-corrected chi connectivity index (χ1v) is 7.37. The molecule has 0 unspecified atom stereocenters. The molecule has 19 heavy (non-hydrogen) atoms. The zero-order valence-corrected chi connectivity index (χ0v) is 11.8. The van der Waals surface area contributed by atoms with Crippen LogP contribution in [0.3, 0.4) is 0 Å². The molecule has 2 aromatic heterocycles. The summed E-state index contributed by atoms with van der Waals surface area (Å²) in [6.07, 6.45) is 4.86. The standard InChI is InChI=1S/C15H17NO2S/c1-2-3-6-10-18-15(17)12-8-11-19-14(12)13-7-4-5-9-16-13/h4-5,7-9,11H,2-3,6,10H2,1H3. The molecule has 0 aliphatic carbocycles. The number of pyridine rings is 1. The molecule has 0 aliphatic heterocycles. The van der Waals surface area contributed by atoms with Gasteiger partial charge in [-0.05, 0) is 30.0 Å². The molecule has 2 rings (SSSR count). The van der Waals surface area contributed by atoms with Gasteiger partial charge in [0, 0.05) is 6.20 Å². The maximum Gasteiger partial charge on any atom is 0.339 e. The van der Waals surface area contributed by atoms with Crippen LogP contribution in [0.15, 0.2) is 35.8 Å². The first kappa shape index (κ1) is 13.7. The summed E-state index contributed by atoms with van der Waals surface area (Å²) in [5, 5.41) is 1.90. The minimum absolute atomic E-state index is 0.252. The number of aromatic nitrogens is 1. The number of hydrogen-bond donors (Lipinski definition) is 0. The fourth-order valence-electron chi connectivity index (χ4n) is 1.76. The molecule has 0 saturated carbocycles. The second-order valence-electron chi connectivity index (χ2n) is 4.22. The van der Waals surface area contributed by atoms with Gasteiger partial charge in [0.15, 0.2) is 0 Å². The minimum Gasteiger partial charge on any atom is -0.462 e. The molecule has 0 aliphatic rings. The van der Waals surface area contributed by atoms with Crippen molar-refractivity contribution in [1.82, 2.24) is 4.98 Å². The summed E-state index contributed by atoms with van der Waals surface area (Å²) in [5.74, 6) is -0.252. The Morgan fingerprint density at radius 1 is 1.32 bits per heavy atom. The molecular formula is C15H17NO2S. The molecule has 0 atom stereocenters. The first-order chi connectivity index (χ1) is 9.33. The van der Waals surface area contributed by atoms with E-state index in [1.807, 2.05) is 23.6 Å². The summed E-state index contributed by atoms with van der Waals surface area (Å²) < 4.78 is 5.29. The summed E-state index contributed by atoms with van der Waals surface area (Å²) in [7, 11) is 0. The highest BCUT2D eigenvalue weighted by Crippen LogP contribution is 2.28. The Labute approximate surface area is 117 Å². The molecule has 3 nitrogen and oxygen atoms in total. The Balaban J connectivity index is 2.05. The lowest BCUT2D eigenvalue weighted by molar-refractivity contribution is 0.0499. The number of ether oxygens (including phenoxy) is 1. The Morgan fingerprint density at radius 3 is 2.95 bits per heavy atom. The van der Waals surface area contributed by atoms with Gasteiger partial charge < -0.3 is 4.74 Å². The molecule has 4 heteroatoms. The van der Waals surface area contributed by atoms with E-state index in [1.165, 1.54) is 11.3 Å². The van der Waals surface area contributed by atoms with Gasteiger partial charge in [-0.25, -0.2) is 4.79 Å². The number of unbranched alkanes of at least 4 members (excludes halogenated alkanes) is 2. The van der Waals surface area contributed by atoms with Gasteiger partial charge in [-0.3, -0.25) is 4.98 Å². The van der Waals surface area contributed by atoms with Crippen LogP contribution in [0.1, 0.15) is 36.5 Å². The number of rotatable bonds is 6. The fraction of sp³-hybridized carbons (Fsp3) is 0.333. The minimum atomic E-state index is -0.252. The summed E-state index contributed by atoms with van der Waals surface area (Å²) in [6, 6.07) is 7.48. The van der Waals surface area contributed by atoms with Gasteiger partial charge in [0.1, 0.15) is 0 Å².